The Labute approximate surface area is 122 Å². The second-order valence-corrected chi connectivity index (χ2v) is 5.39. The van der Waals surface area contributed by atoms with Crippen molar-refractivity contribution in [3.8, 4) is 16.3 Å². The molecule has 0 radical (unpaired) electrons. The van der Waals surface area contributed by atoms with E-state index in [-0.39, 0.29) is 5.69 Å². The first kappa shape index (κ1) is 14.5. The molecule has 2 aromatic rings. The molecule has 20 heavy (non-hydrogen) atoms. The van der Waals surface area contributed by atoms with Crippen LogP contribution in [-0.4, -0.2) is 22.7 Å². The zero-order valence-electron chi connectivity index (χ0n) is 11.5. The van der Waals surface area contributed by atoms with Gasteiger partial charge in [-0.2, -0.15) is 0 Å². The lowest BCUT2D eigenvalue weighted by atomic mass is 10.2. The molecule has 0 aliphatic heterocycles. The maximum absolute atomic E-state index is 11.2. The molecule has 0 spiro atoms. The van der Waals surface area contributed by atoms with E-state index in [1.54, 1.807) is 0 Å². The number of aromatic carboxylic acids is 1. The van der Waals surface area contributed by atoms with Gasteiger partial charge in [-0.05, 0) is 25.5 Å². The Bertz CT molecular complexity index is 607. The van der Waals surface area contributed by atoms with E-state index in [0.717, 1.165) is 34.0 Å². The van der Waals surface area contributed by atoms with Crippen molar-refractivity contribution in [2.45, 2.75) is 26.7 Å². The molecule has 2 rings (SSSR count). The zero-order valence-corrected chi connectivity index (χ0v) is 12.4. The highest BCUT2D eigenvalue weighted by Gasteiger charge is 2.17. The Morgan fingerprint density at radius 3 is 2.85 bits per heavy atom. The van der Waals surface area contributed by atoms with E-state index in [9.17, 15) is 9.90 Å². The number of hydrogen-bond acceptors (Lipinski definition) is 4. The fraction of sp³-hybridized carbons (Fsp3) is 0.333. The average Bonchev–Trinajstić information content (AvgIpc) is 2.84. The van der Waals surface area contributed by atoms with Gasteiger partial charge in [0.05, 0.1) is 6.61 Å². The number of carbonyl (C=O) groups is 1. The first-order chi connectivity index (χ1) is 9.65. The van der Waals surface area contributed by atoms with Crippen molar-refractivity contribution in [2.75, 3.05) is 6.61 Å². The lowest BCUT2D eigenvalue weighted by Crippen LogP contribution is -2.00. The van der Waals surface area contributed by atoms with Crippen molar-refractivity contribution in [3.05, 3.63) is 34.8 Å². The average molecular weight is 291 g/mol. The predicted molar refractivity (Wildman–Crippen MR) is 79.7 cm³/mol. The molecule has 0 fully saturated rings. The molecule has 1 aromatic heterocycles. The summed E-state index contributed by atoms with van der Waals surface area (Å²) in [5, 5.41) is 9.94. The van der Waals surface area contributed by atoms with Crippen LogP contribution in [0.5, 0.6) is 5.75 Å². The molecule has 4 nitrogen and oxygen atoms in total. The molecule has 0 unspecified atom stereocenters. The van der Waals surface area contributed by atoms with E-state index in [0.29, 0.717) is 6.61 Å². The monoisotopic (exact) mass is 291 g/mol. The van der Waals surface area contributed by atoms with Gasteiger partial charge in [0, 0.05) is 10.4 Å². The van der Waals surface area contributed by atoms with E-state index >= 15 is 0 Å². The van der Waals surface area contributed by atoms with Gasteiger partial charge in [-0.1, -0.05) is 25.5 Å². The van der Waals surface area contributed by atoms with Crippen LogP contribution in [0.2, 0.25) is 0 Å². The van der Waals surface area contributed by atoms with Gasteiger partial charge in [0.2, 0.25) is 0 Å². The molecule has 0 amide bonds. The van der Waals surface area contributed by atoms with E-state index in [2.05, 4.69) is 4.98 Å². The van der Waals surface area contributed by atoms with Crippen LogP contribution in [0.3, 0.4) is 0 Å². The number of ether oxygens (including phenoxy) is 1. The summed E-state index contributed by atoms with van der Waals surface area (Å²) in [5.74, 6) is -0.189. The first-order valence-corrected chi connectivity index (χ1v) is 7.43. The summed E-state index contributed by atoms with van der Waals surface area (Å²) in [6.07, 6.45) is 1.64. The summed E-state index contributed by atoms with van der Waals surface area (Å²) in [4.78, 5) is 16.3. The molecule has 0 saturated carbocycles. The minimum atomic E-state index is -0.961. The summed E-state index contributed by atoms with van der Waals surface area (Å²) in [6.45, 7) is 4.56. The van der Waals surface area contributed by atoms with Crippen molar-refractivity contribution >= 4 is 17.3 Å². The Morgan fingerprint density at radius 1 is 1.40 bits per heavy atom. The van der Waals surface area contributed by atoms with Crippen LogP contribution in [0.15, 0.2) is 24.3 Å². The van der Waals surface area contributed by atoms with Crippen molar-refractivity contribution < 1.29 is 14.6 Å². The van der Waals surface area contributed by atoms with Crippen molar-refractivity contribution in [1.82, 2.24) is 4.98 Å². The van der Waals surface area contributed by atoms with Crippen LogP contribution in [-0.2, 0) is 6.42 Å². The van der Waals surface area contributed by atoms with Gasteiger partial charge in [-0.15, -0.1) is 11.3 Å². The minimum Gasteiger partial charge on any atom is -0.494 e. The third kappa shape index (κ3) is 3.17. The standard InChI is InChI=1S/C15H17NO3S/c1-3-6-12-13(15(17)18)16-14(20-12)10-7-5-8-11(9-10)19-4-2/h5,7-9H,3-4,6H2,1-2H3,(H,17,18). The lowest BCUT2D eigenvalue weighted by Gasteiger charge is -2.03. The van der Waals surface area contributed by atoms with E-state index < -0.39 is 5.97 Å². The van der Waals surface area contributed by atoms with Gasteiger partial charge in [0.25, 0.3) is 0 Å². The van der Waals surface area contributed by atoms with Crippen LogP contribution < -0.4 is 4.74 Å². The number of carboxylic acid groups (broad SMARTS) is 1. The molecule has 0 bridgehead atoms. The Morgan fingerprint density at radius 2 is 2.20 bits per heavy atom. The fourth-order valence-electron chi connectivity index (χ4n) is 1.92. The SMILES string of the molecule is CCCc1sc(-c2cccc(OCC)c2)nc1C(=O)O. The zero-order chi connectivity index (χ0) is 14.5. The number of nitrogens with zero attached hydrogens (tertiary/aromatic N) is 1. The van der Waals surface area contributed by atoms with Crippen molar-refractivity contribution in [3.63, 3.8) is 0 Å². The summed E-state index contributed by atoms with van der Waals surface area (Å²) < 4.78 is 5.46. The van der Waals surface area contributed by atoms with E-state index in [1.807, 2.05) is 38.1 Å². The first-order valence-electron chi connectivity index (χ1n) is 6.62. The molecular weight excluding hydrogens is 274 g/mol. The van der Waals surface area contributed by atoms with Crippen LogP contribution in [0.1, 0.15) is 35.6 Å². The molecule has 0 aliphatic rings. The fourth-order valence-corrected chi connectivity index (χ4v) is 3.08. The number of hydrogen-bond donors (Lipinski definition) is 1. The van der Waals surface area contributed by atoms with Crippen molar-refractivity contribution in [2.24, 2.45) is 0 Å². The molecular formula is C15H17NO3S. The molecule has 0 saturated heterocycles. The molecule has 5 heteroatoms. The van der Waals surface area contributed by atoms with E-state index in [4.69, 9.17) is 4.74 Å². The summed E-state index contributed by atoms with van der Waals surface area (Å²) in [6, 6.07) is 7.58. The van der Waals surface area contributed by atoms with Crippen LogP contribution in [0, 0.1) is 0 Å². The van der Waals surface area contributed by atoms with Gasteiger partial charge in [-0.25, -0.2) is 9.78 Å². The summed E-state index contributed by atoms with van der Waals surface area (Å²) in [5.41, 5.74) is 1.07. The maximum Gasteiger partial charge on any atom is 0.355 e. The maximum atomic E-state index is 11.2. The van der Waals surface area contributed by atoms with Gasteiger partial charge in [0.15, 0.2) is 5.69 Å². The van der Waals surface area contributed by atoms with E-state index in [1.165, 1.54) is 11.3 Å². The Balaban J connectivity index is 2.39. The Kier molecular flexibility index (Phi) is 4.74. The van der Waals surface area contributed by atoms with Gasteiger partial charge in [-0.3, -0.25) is 0 Å². The van der Waals surface area contributed by atoms with Gasteiger partial charge in [0.1, 0.15) is 10.8 Å². The summed E-state index contributed by atoms with van der Waals surface area (Å²) >= 11 is 1.44. The highest BCUT2D eigenvalue weighted by atomic mass is 32.1. The molecule has 0 aliphatic carbocycles. The third-order valence-electron chi connectivity index (χ3n) is 2.77. The van der Waals surface area contributed by atoms with Crippen LogP contribution >= 0.6 is 11.3 Å². The number of carboxylic acids is 1. The normalized spacial score (nSPS) is 10.5. The Hall–Kier alpha value is -1.88. The second kappa shape index (κ2) is 6.52. The quantitative estimate of drug-likeness (QED) is 0.878. The molecule has 106 valence electrons. The largest absolute Gasteiger partial charge is 0.494 e. The number of thiazole rings is 1. The molecule has 1 heterocycles. The van der Waals surface area contributed by atoms with Crippen LogP contribution in [0.25, 0.3) is 10.6 Å². The van der Waals surface area contributed by atoms with Gasteiger partial charge < -0.3 is 9.84 Å². The number of rotatable bonds is 6. The highest BCUT2D eigenvalue weighted by Crippen LogP contribution is 2.31. The lowest BCUT2D eigenvalue weighted by molar-refractivity contribution is 0.0690. The number of aryl methyl sites for hydroxylation is 1. The second-order valence-electron chi connectivity index (χ2n) is 4.31. The van der Waals surface area contributed by atoms with Gasteiger partial charge >= 0.3 is 5.97 Å². The topological polar surface area (TPSA) is 59.4 Å². The number of benzene rings is 1. The molecule has 1 N–H and O–H groups in total. The third-order valence-corrected chi connectivity index (χ3v) is 3.93. The van der Waals surface area contributed by atoms with Crippen LogP contribution in [0.4, 0.5) is 0 Å². The molecule has 0 atom stereocenters. The highest BCUT2D eigenvalue weighted by molar-refractivity contribution is 7.15. The van der Waals surface area contributed by atoms with Crippen molar-refractivity contribution in [1.29, 1.82) is 0 Å². The minimum absolute atomic E-state index is 0.175. The predicted octanol–water partition coefficient (Wildman–Crippen LogP) is 3.86. The summed E-state index contributed by atoms with van der Waals surface area (Å²) in [7, 11) is 0. The molecule has 1 aromatic carbocycles. The number of aromatic nitrogens is 1. The smallest absolute Gasteiger partial charge is 0.355 e.